The van der Waals surface area contributed by atoms with Crippen LogP contribution >= 0.6 is 0 Å². The summed E-state index contributed by atoms with van der Waals surface area (Å²) in [4.78, 5) is 0. The molecule has 0 aliphatic carbocycles. The largest absolute Gasteiger partial charge is 0.428 e. The van der Waals surface area contributed by atoms with Crippen LogP contribution in [0.25, 0.3) is 0 Å². The maximum atomic E-state index is 12.0. The second-order valence-corrected chi connectivity index (χ2v) is 1.75. The molecule has 0 bridgehead atoms. The van der Waals surface area contributed by atoms with Gasteiger partial charge in [-0.25, -0.2) is 8.78 Å². The van der Waals surface area contributed by atoms with Crippen LogP contribution in [0.15, 0.2) is 12.4 Å². The molecule has 0 aromatic rings. The van der Waals surface area contributed by atoms with E-state index in [2.05, 4.69) is 4.74 Å². The highest BCUT2D eigenvalue weighted by molar-refractivity contribution is 5.02. The Kier molecular flexibility index (Phi) is 3.14. The third kappa shape index (κ3) is 1.90. The van der Waals surface area contributed by atoms with Crippen molar-refractivity contribution in [3.63, 3.8) is 0 Å². The average molecular weight is 194 g/mol. The minimum atomic E-state index is -5.21. The fraction of sp³-hybridized carbons (Fsp3) is 0.600. The first kappa shape index (κ1) is 11.3. The van der Waals surface area contributed by atoms with Gasteiger partial charge in [-0.05, 0) is 0 Å². The maximum Gasteiger partial charge on any atom is 0.428 e. The summed E-state index contributed by atoms with van der Waals surface area (Å²) in [5.41, 5.74) is 0. The number of hydrogen-bond donors (Lipinski definition) is 0. The summed E-state index contributed by atoms with van der Waals surface area (Å²) in [7, 11) is 0. The van der Waals surface area contributed by atoms with Gasteiger partial charge in [0, 0.05) is 0 Å². The Hall–Kier alpha value is -0.720. The lowest BCUT2D eigenvalue weighted by molar-refractivity contribution is -0.347. The molecular formula is C5H4F6O. The van der Waals surface area contributed by atoms with Crippen molar-refractivity contribution in [2.75, 3.05) is 6.86 Å². The summed E-state index contributed by atoms with van der Waals surface area (Å²) in [6.07, 6.45) is -5.21. The molecule has 0 aromatic heterocycles. The van der Waals surface area contributed by atoms with Gasteiger partial charge in [0.25, 0.3) is 0 Å². The zero-order chi connectivity index (χ0) is 9.99. The maximum absolute atomic E-state index is 12.0. The van der Waals surface area contributed by atoms with Gasteiger partial charge in [-0.3, -0.25) is 4.74 Å². The van der Waals surface area contributed by atoms with Crippen molar-refractivity contribution in [1.29, 1.82) is 0 Å². The molecule has 0 N–H and O–H groups in total. The number of ether oxygens (including phenoxy) is 1. The van der Waals surface area contributed by atoms with Gasteiger partial charge in [-0.2, -0.15) is 17.6 Å². The minimum Gasteiger partial charge on any atom is -0.283 e. The molecule has 0 fully saturated rings. The highest BCUT2D eigenvalue weighted by Crippen LogP contribution is 2.40. The number of alkyl halides is 5. The summed E-state index contributed by atoms with van der Waals surface area (Å²) in [5, 5.41) is 0. The van der Waals surface area contributed by atoms with Crippen LogP contribution < -0.4 is 0 Å². The minimum absolute atomic E-state index is 1.98. The average Bonchev–Trinajstić information content (AvgIpc) is 1.86. The first-order valence-electron chi connectivity index (χ1n) is 2.56. The van der Waals surface area contributed by atoms with E-state index in [-0.39, 0.29) is 0 Å². The number of rotatable bonds is 4. The quantitative estimate of drug-likeness (QED) is 0.625. The van der Waals surface area contributed by atoms with Crippen molar-refractivity contribution in [3.8, 4) is 0 Å². The molecule has 0 aromatic carbocycles. The van der Waals surface area contributed by atoms with Crippen LogP contribution in [0.5, 0.6) is 0 Å². The van der Waals surface area contributed by atoms with Gasteiger partial charge in [0.2, 0.25) is 0 Å². The van der Waals surface area contributed by atoms with Gasteiger partial charge >= 0.3 is 12.0 Å². The third-order valence-corrected chi connectivity index (χ3v) is 0.942. The number of hydrogen-bond acceptors (Lipinski definition) is 1. The third-order valence-electron chi connectivity index (χ3n) is 0.942. The predicted molar refractivity (Wildman–Crippen MR) is 27.2 cm³/mol. The Morgan fingerprint density at radius 2 is 1.67 bits per heavy atom. The fourth-order valence-corrected chi connectivity index (χ4v) is 0.317. The Balaban J connectivity index is 4.62. The Morgan fingerprint density at radius 3 is 1.92 bits per heavy atom. The van der Waals surface area contributed by atoms with Gasteiger partial charge in [-0.1, -0.05) is 6.58 Å². The van der Waals surface area contributed by atoms with Crippen molar-refractivity contribution in [1.82, 2.24) is 0 Å². The topological polar surface area (TPSA) is 9.23 Å². The van der Waals surface area contributed by atoms with E-state index in [4.69, 9.17) is 0 Å². The first-order chi connectivity index (χ1) is 5.25. The molecule has 0 unspecified atom stereocenters. The lowest BCUT2D eigenvalue weighted by Crippen LogP contribution is -2.43. The van der Waals surface area contributed by atoms with E-state index in [1.54, 1.807) is 0 Å². The fourth-order valence-electron chi connectivity index (χ4n) is 0.317. The molecule has 0 aliphatic heterocycles. The van der Waals surface area contributed by atoms with Crippen LogP contribution in [0.4, 0.5) is 26.3 Å². The SMILES string of the molecule is C=C(F)C(F)(F)C(F)(F)OCF. The number of halogens is 6. The smallest absolute Gasteiger partial charge is 0.283 e. The van der Waals surface area contributed by atoms with Gasteiger partial charge in [0.15, 0.2) is 12.7 Å². The molecule has 0 heterocycles. The highest BCUT2D eigenvalue weighted by Gasteiger charge is 2.61. The van der Waals surface area contributed by atoms with Crippen LogP contribution in [0.1, 0.15) is 0 Å². The van der Waals surface area contributed by atoms with Gasteiger partial charge in [0.1, 0.15) is 0 Å². The van der Waals surface area contributed by atoms with Crippen molar-refractivity contribution in [2.24, 2.45) is 0 Å². The molecule has 7 heteroatoms. The van der Waals surface area contributed by atoms with Gasteiger partial charge in [-0.15, -0.1) is 0 Å². The van der Waals surface area contributed by atoms with Crippen LogP contribution in [0.3, 0.4) is 0 Å². The lowest BCUT2D eigenvalue weighted by atomic mass is 10.3. The molecule has 1 nitrogen and oxygen atoms in total. The van der Waals surface area contributed by atoms with Crippen molar-refractivity contribution >= 4 is 0 Å². The molecule has 0 rings (SSSR count). The first-order valence-corrected chi connectivity index (χ1v) is 2.56. The summed E-state index contributed by atoms with van der Waals surface area (Å²) < 4.78 is 73.3. The highest BCUT2D eigenvalue weighted by atomic mass is 19.3. The van der Waals surface area contributed by atoms with E-state index < -0.39 is 24.7 Å². The van der Waals surface area contributed by atoms with E-state index >= 15 is 0 Å². The van der Waals surface area contributed by atoms with E-state index in [1.165, 1.54) is 0 Å². The van der Waals surface area contributed by atoms with Crippen LogP contribution in [0.2, 0.25) is 0 Å². The summed E-state index contributed by atoms with van der Waals surface area (Å²) in [6, 6.07) is 0. The standard InChI is InChI=1S/C5H4F6O/c1-3(7)4(8,9)5(10,11)12-2-6/h1-2H2. The second-order valence-electron chi connectivity index (χ2n) is 1.75. The normalized spacial score (nSPS) is 13.2. The van der Waals surface area contributed by atoms with E-state index in [9.17, 15) is 26.3 Å². The van der Waals surface area contributed by atoms with Crippen LogP contribution in [0, 0.1) is 0 Å². The molecule has 0 spiro atoms. The Labute approximate surface area is 63.6 Å². The van der Waals surface area contributed by atoms with Crippen molar-refractivity contribution in [3.05, 3.63) is 12.4 Å². The summed E-state index contributed by atoms with van der Waals surface area (Å²) >= 11 is 0. The van der Waals surface area contributed by atoms with Crippen molar-refractivity contribution < 1.29 is 31.1 Å². The van der Waals surface area contributed by atoms with Crippen molar-refractivity contribution in [2.45, 2.75) is 12.0 Å². The van der Waals surface area contributed by atoms with Gasteiger partial charge < -0.3 is 0 Å². The van der Waals surface area contributed by atoms with E-state index in [0.717, 1.165) is 0 Å². The van der Waals surface area contributed by atoms with E-state index in [1.807, 2.05) is 6.58 Å². The zero-order valence-electron chi connectivity index (χ0n) is 5.59. The molecule has 0 saturated heterocycles. The van der Waals surface area contributed by atoms with Crippen LogP contribution in [-0.2, 0) is 4.74 Å². The second kappa shape index (κ2) is 3.34. The molecule has 72 valence electrons. The molecule has 0 radical (unpaired) electrons. The zero-order valence-corrected chi connectivity index (χ0v) is 5.59. The predicted octanol–water partition coefficient (Wildman–Crippen LogP) is 2.64. The molecule has 12 heavy (non-hydrogen) atoms. The summed E-state index contributed by atoms with van der Waals surface area (Å²) in [5.74, 6) is -7.79. The molecular weight excluding hydrogens is 190 g/mol. The molecule has 0 atom stereocenters. The van der Waals surface area contributed by atoms with Crippen LogP contribution in [-0.4, -0.2) is 18.9 Å². The van der Waals surface area contributed by atoms with Gasteiger partial charge in [0.05, 0.1) is 0 Å². The Morgan fingerprint density at radius 1 is 1.25 bits per heavy atom. The monoisotopic (exact) mass is 194 g/mol. The molecule has 0 aliphatic rings. The summed E-state index contributed by atoms with van der Waals surface area (Å²) in [6.45, 7) is -0.167. The Bertz CT molecular complexity index is 177. The molecule has 0 saturated carbocycles. The van der Waals surface area contributed by atoms with E-state index in [0.29, 0.717) is 0 Å². The molecule has 0 amide bonds. The lowest BCUT2D eigenvalue weighted by Gasteiger charge is -2.22.